The van der Waals surface area contributed by atoms with Crippen LogP contribution in [0.4, 0.5) is 0 Å². The van der Waals surface area contributed by atoms with Crippen molar-refractivity contribution in [2.75, 3.05) is 0 Å². The number of carbonyl (C=O) groups excluding carboxylic acids is 1. The molecule has 0 bridgehead atoms. The van der Waals surface area contributed by atoms with Crippen LogP contribution in [0.15, 0.2) is 53.0 Å². The van der Waals surface area contributed by atoms with Crippen LogP contribution in [0.2, 0.25) is 0 Å². The lowest BCUT2D eigenvalue weighted by Crippen LogP contribution is -1.99. The molecule has 0 fully saturated rings. The maximum absolute atomic E-state index is 10.6. The Hall–Kier alpha value is -2.61. The van der Waals surface area contributed by atoms with Crippen LogP contribution in [0.1, 0.15) is 10.4 Å². The van der Waals surface area contributed by atoms with E-state index in [0.29, 0.717) is 22.2 Å². The Kier molecular flexibility index (Phi) is 3.46. The van der Waals surface area contributed by atoms with Gasteiger partial charge in [-0.3, -0.25) is 4.79 Å². The monoisotopic (exact) mass is 284 g/mol. The molecule has 0 atom stereocenters. The third-order valence-corrected chi connectivity index (χ3v) is 3.24. The number of hydrogen-bond donors (Lipinski definition) is 0. The van der Waals surface area contributed by atoms with E-state index < -0.39 is 0 Å². The fourth-order valence-electron chi connectivity index (χ4n) is 1.50. The Morgan fingerprint density at radius 1 is 1.10 bits per heavy atom. The Balaban J connectivity index is 1.88. The van der Waals surface area contributed by atoms with Crippen LogP contribution < -0.4 is 0 Å². The number of nitrogens with zero attached hydrogens (tertiary/aromatic N) is 6. The SMILES string of the molecule is O=Cc1cnc(Sc2nnnn2-c2ccccc2)nc1. The molecular weight excluding hydrogens is 276 g/mol. The highest BCUT2D eigenvalue weighted by molar-refractivity contribution is 7.99. The van der Waals surface area contributed by atoms with Gasteiger partial charge in [0.1, 0.15) is 0 Å². The van der Waals surface area contributed by atoms with Gasteiger partial charge in [-0.2, -0.15) is 4.68 Å². The van der Waals surface area contributed by atoms with Crippen molar-refractivity contribution in [2.45, 2.75) is 10.3 Å². The second kappa shape index (κ2) is 5.57. The highest BCUT2D eigenvalue weighted by atomic mass is 32.2. The number of tetrazole rings is 1. The standard InChI is InChI=1S/C12H8N6OS/c19-8-9-6-13-11(14-7-9)20-12-15-16-17-18(12)10-4-2-1-3-5-10/h1-8H. The first-order valence-corrected chi connectivity index (χ1v) is 6.47. The molecule has 3 aromatic rings. The summed E-state index contributed by atoms with van der Waals surface area (Å²) >= 11 is 1.22. The van der Waals surface area contributed by atoms with Gasteiger partial charge in [0.2, 0.25) is 5.16 Å². The molecule has 3 rings (SSSR count). The maximum Gasteiger partial charge on any atom is 0.221 e. The van der Waals surface area contributed by atoms with Crippen LogP contribution in [0.5, 0.6) is 0 Å². The number of benzene rings is 1. The molecule has 0 aliphatic carbocycles. The molecule has 0 spiro atoms. The molecule has 98 valence electrons. The normalized spacial score (nSPS) is 10.4. The zero-order chi connectivity index (χ0) is 13.8. The molecule has 2 aromatic heterocycles. The van der Waals surface area contributed by atoms with Gasteiger partial charge < -0.3 is 0 Å². The molecule has 20 heavy (non-hydrogen) atoms. The topological polar surface area (TPSA) is 86.5 Å². The molecule has 0 saturated heterocycles. The average Bonchev–Trinajstić information content (AvgIpc) is 2.97. The van der Waals surface area contributed by atoms with E-state index in [1.54, 1.807) is 4.68 Å². The second-order valence-electron chi connectivity index (χ2n) is 3.73. The summed E-state index contributed by atoms with van der Waals surface area (Å²) in [6, 6.07) is 9.52. The van der Waals surface area contributed by atoms with Crippen molar-refractivity contribution >= 4 is 18.0 Å². The van der Waals surface area contributed by atoms with Crippen molar-refractivity contribution in [3.63, 3.8) is 0 Å². The molecule has 1 aromatic carbocycles. The van der Waals surface area contributed by atoms with E-state index in [9.17, 15) is 4.79 Å². The van der Waals surface area contributed by atoms with E-state index in [4.69, 9.17) is 0 Å². The minimum absolute atomic E-state index is 0.428. The Bertz CT molecular complexity index is 712. The number of aromatic nitrogens is 6. The molecular formula is C12H8N6OS. The van der Waals surface area contributed by atoms with E-state index in [1.807, 2.05) is 30.3 Å². The van der Waals surface area contributed by atoms with Crippen LogP contribution in [0.25, 0.3) is 5.69 Å². The number of para-hydroxylation sites is 1. The summed E-state index contributed by atoms with van der Waals surface area (Å²) in [7, 11) is 0. The third kappa shape index (κ3) is 2.54. The van der Waals surface area contributed by atoms with Crippen molar-refractivity contribution < 1.29 is 4.79 Å². The van der Waals surface area contributed by atoms with E-state index in [2.05, 4.69) is 25.5 Å². The molecule has 0 saturated carbocycles. The predicted octanol–water partition coefficient (Wildman–Crippen LogP) is 1.42. The van der Waals surface area contributed by atoms with Gasteiger partial charge in [-0.15, -0.1) is 5.10 Å². The second-order valence-corrected chi connectivity index (χ2v) is 4.66. The molecule has 2 heterocycles. The van der Waals surface area contributed by atoms with Crippen molar-refractivity contribution in [3.8, 4) is 5.69 Å². The van der Waals surface area contributed by atoms with Crippen LogP contribution >= 0.6 is 11.8 Å². The van der Waals surface area contributed by atoms with Gasteiger partial charge >= 0.3 is 0 Å². The fraction of sp³-hybridized carbons (Fsp3) is 0. The van der Waals surface area contributed by atoms with Crippen molar-refractivity contribution in [3.05, 3.63) is 48.3 Å². The van der Waals surface area contributed by atoms with E-state index in [-0.39, 0.29) is 0 Å². The van der Waals surface area contributed by atoms with E-state index >= 15 is 0 Å². The first kappa shape index (κ1) is 12.4. The van der Waals surface area contributed by atoms with Gasteiger partial charge in [-0.25, -0.2) is 9.97 Å². The lowest BCUT2D eigenvalue weighted by Gasteiger charge is -2.02. The highest BCUT2D eigenvalue weighted by Gasteiger charge is 2.11. The lowest BCUT2D eigenvalue weighted by atomic mass is 10.3. The summed E-state index contributed by atoms with van der Waals surface area (Å²) in [5, 5.41) is 12.6. The molecule has 0 aliphatic heterocycles. The smallest absolute Gasteiger partial charge is 0.221 e. The maximum atomic E-state index is 10.6. The van der Waals surface area contributed by atoms with Gasteiger partial charge in [-0.1, -0.05) is 18.2 Å². The highest BCUT2D eigenvalue weighted by Crippen LogP contribution is 2.23. The first-order chi connectivity index (χ1) is 9.86. The number of aldehydes is 1. The van der Waals surface area contributed by atoms with Crippen molar-refractivity contribution in [2.24, 2.45) is 0 Å². The van der Waals surface area contributed by atoms with Crippen LogP contribution in [0.3, 0.4) is 0 Å². The van der Waals surface area contributed by atoms with E-state index in [0.717, 1.165) is 5.69 Å². The lowest BCUT2D eigenvalue weighted by molar-refractivity contribution is 0.112. The summed E-state index contributed by atoms with van der Waals surface area (Å²) in [6.45, 7) is 0. The van der Waals surface area contributed by atoms with Crippen LogP contribution in [-0.4, -0.2) is 36.5 Å². The minimum atomic E-state index is 0.428. The number of rotatable bonds is 4. The van der Waals surface area contributed by atoms with Gasteiger partial charge in [0.15, 0.2) is 11.4 Å². The molecule has 8 heteroatoms. The number of hydrogen-bond acceptors (Lipinski definition) is 7. The molecule has 0 N–H and O–H groups in total. The van der Waals surface area contributed by atoms with Crippen LogP contribution in [-0.2, 0) is 0 Å². The zero-order valence-electron chi connectivity index (χ0n) is 10.1. The van der Waals surface area contributed by atoms with Gasteiger partial charge in [0.05, 0.1) is 11.3 Å². The summed E-state index contributed by atoms with van der Waals surface area (Å²) in [4.78, 5) is 18.7. The summed E-state index contributed by atoms with van der Waals surface area (Å²) in [5.74, 6) is 0. The van der Waals surface area contributed by atoms with Crippen molar-refractivity contribution in [1.82, 2.24) is 30.2 Å². The molecule has 0 unspecified atom stereocenters. The molecule has 0 radical (unpaired) electrons. The first-order valence-electron chi connectivity index (χ1n) is 5.66. The predicted molar refractivity (Wildman–Crippen MR) is 70.7 cm³/mol. The quantitative estimate of drug-likeness (QED) is 0.529. The molecule has 0 aliphatic rings. The summed E-state index contributed by atoms with van der Waals surface area (Å²) in [5.41, 5.74) is 1.28. The van der Waals surface area contributed by atoms with E-state index in [1.165, 1.54) is 24.2 Å². The summed E-state index contributed by atoms with van der Waals surface area (Å²) < 4.78 is 1.60. The minimum Gasteiger partial charge on any atom is -0.298 e. The van der Waals surface area contributed by atoms with Crippen LogP contribution in [0, 0.1) is 0 Å². The van der Waals surface area contributed by atoms with Gasteiger partial charge in [0.25, 0.3) is 0 Å². The van der Waals surface area contributed by atoms with Gasteiger partial charge in [0, 0.05) is 12.4 Å². The summed E-state index contributed by atoms with van der Waals surface area (Å²) in [6.07, 6.45) is 3.61. The Labute approximate surface area is 118 Å². The zero-order valence-corrected chi connectivity index (χ0v) is 10.9. The average molecular weight is 284 g/mol. The Morgan fingerprint density at radius 2 is 1.85 bits per heavy atom. The third-order valence-electron chi connectivity index (χ3n) is 2.41. The molecule has 7 nitrogen and oxygen atoms in total. The van der Waals surface area contributed by atoms with Crippen molar-refractivity contribution in [1.29, 1.82) is 0 Å². The molecule has 0 amide bonds. The fourth-order valence-corrected chi connectivity index (χ4v) is 2.18. The largest absolute Gasteiger partial charge is 0.298 e. The Morgan fingerprint density at radius 3 is 2.55 bits per heavy atom. The van der Waals surface area contributed by atoms with Gasteiger partial charge in [-0.05, 0) is 34.3 Å². The number of carbonyl (C=O) groups is 1.